The van der Waals surface area contributed by atoms with Crippen LogP contribution in [0, 0.1) is 0 Å². The van der Waals surface area contributed by atoms with Gasteiger partial charge in [0.25, 0.3) is 5.91 Å². The first-order valence-electron chi connectivity index (χ1n) is 5.66. The Morgan fingerprint density at radius 2 is 2.05 bits per heavy atom. The van der Waals surface area contributed by atoms with Crippen molar-refractivity contribution in [1.29, 1.82) is 0 Å². The van der Waals surface area contributed by atoms with Crippen LogP contribution in [0.3, 0.4) is 0 Å². The van der Waals surface area contributed by atoms with Crippen LogP contribution in [0.15, 0.2) is 18.2 Å². The van der Waals surface area contributed by atoms with Crippen molar-refractivity contribution in [2.75, 3.05) is 19.8 Å². The van der Waals surface area contributed by atoms with Gasteiger partial charge in [0.1, 0.15) is 13.2 Å². The number of carbonyl (C=O) groups excluding carboxylic acids is 1. The number of rotatable bonds is 4. The monoisotopic (exact) mass is 267 g/mol. The third-order valence-corrected chi connectivity index (χ3v) is 2.60. The lowest BCUT2D eigenvalue weighted by Gasteiger charge is -2.21. The average Bonchev–Trinajstić information content (AvgIpc) is 2.43. The zero-order valence-electron chi connectivity index (χ0n) is 9.96. The molecule has 1 aliphatic rings. The van der Waals surface area contributed by atoms with Gasteiger partial charge in [-0.15, -0.1) is 0 Å². The van der Waals surface area contributed by atoms with E-state index in [-0.39, 0.29) is 11.3 Å². The number of nitrogens with one attached hydrogen (secondary N) is 1. The Bertz CT molecular complexity index is 501. The highest BCUT2D eigenvalue weighted by atomic mass is 16.6. The molecular weight excluding hydrogens is 254 g/mol. The number of aliphatic hydroxyl groups excluding tert-OH is 1. The number of ether oxygens (including phenoxy) is 2. The quantitative estimate of drug-likeness (QED) is 0.687. The van der Waals surface area contributed by atoms with Crippen molar-refractivity contribution in [3.8, 4) is 11.5 Å². The zero-order valence-corrected chi connectivity index (χ0v) is 9.96. The fourth-order valence-electron chi connectivity index (χ4n) is 1.67. The van der Waals surface area contributed by atoms with E-state index in [0.29, 0.717) is 19.0 Å². The molecule has 19 heavy (non-hydrogen) atoms. The van der Waals surface area contributed by atoms with Crippen LogP contribution >= 0.6 is 0 Å². The Morgan fingerprint density at radius 3 is 2.74 bits per heavy atom. The van der Waals surface area contributed by atoms with E-state index < -0.39 is 24.5 Å². The number of carboxylic acids is 1. The van der Waals surface area contributed by atoms with Gasteiger partial charge in [-0.1, -0.05) is 6.07 Å². The highest BCUT2D eigenvalue weighted by Crippen LogP contribution is 2.33. The summed E-state index contributed by atoms with van der Waals surface area (Å²) in [6.45, 7) is 0.0274. The molecule has 2 rings (SSSR count). The molecule has 102 valence electrons. The normalized spacial score (nSPS) is 14.6. The predicted molar refractivity (Wildman–Crippen MR) is 63.4 cm³/mol. The third kappa shape index (κ3) is 2.76. The molecule has 1 atom stereocenters. The molecule has 3 N–H and O–H groups in total. The molecule has 0 bridgehead atoms. The minimum Gasteiger partial charge on any atom is -0.486 e. The molecule has 1 amide bonds. The van der Waals surface area contributed by atoms with Crippen molar-refractivity contribution in [2.24, 2.45) is 0 Å². The van der Waals surface area contributed by atoms with Gasteiger partial charge in [0.15, 0.2) is 17.5 Å². The second kappa shape index (κ2) is 5.57. The highest BCUT2D eigenvalue weighted by molar-refractivity contribution is 5.99. The van der Waals surface area contributed by atoms with Crippen LogP contribution < -0.4 is 14.8 Å². The van der Waals surface area contributed by atoms with Gasteiger partial charge in [0.2, 0.25) is 0 Å². The predicted octanol–water partition coefficient (Wildman–Crippen LogP) is -0.367. The molecule has 1 heterocycles. The fourth-order valence-corrected chi connectivity index (χ4v) is 1.67. The third-order valence-electron chi connectivity index (χ3n) is 2.60. The number of hydrogen-bond acceptors (Lipinski definition) is 5. The summed E-state index contributed by atoms with van der Waals surface area (Å²) in [6.07, 6.45) is 0. The lowest BCUT2D eigenvalue weighted by Crippen LogP contribution is -2.43. The first kappa shape index (κ1) is 13.2. The summed E-state index contributed by atoms with van der Waals surface area (Å²) in [4.78, 5) is 22.7. The highest BCUT2D eigenvalue weighted by Gasteiger charge is 2.24. The molecule has 0 spiro atoms. The van der Waals surface area contributed by atoms with E-state index in [2.05, 4.69) is 5.32 Å². The number of carboxylic acid groups (broad SMARTS) is 1. The van der Waals surface area contributed by atoms with Crippen molar-refractivity contribution in [2.45, 2.75) is 6.04 Å². The maximum Gasteiger partial charge on any atom is 0.328 e. The lowest BCUT2D eigenvalue weighted by molar-refractivity contribution is -0.140. The Labute approximate surface area is 108 Å². The lowest BCUT2D eigenvalue weighted by atomic mass is 10.1. The van der Waals surface area contributed by atoms with Gasteiger partial charge in [-0.3, -0.25) is 4.79 Å². The van der Waals surface area contributed by atoms with Gasteiger partial charge in [0, 0.05) is 0 Å². The summed E-state index contributed by atoms with van der Waals surface area (Å²) in [5, 5.41) is 19.9. The van der Waals surface area contributed by atoms with Crippen molar-refractivity contribution in [3.63, 3.8) is 0 Å². The summed E-state index contributed by atoms with van der Waals surface area (Å²) in [6, 6.07) is 3.41. The summed E-state index contributed by atoms with van der Waals surface area (Å²) < 4.78 is 10.7. The van der Waals surface area contributed by atoms with E-state index in [1.807, 2.05) is 0 Å². The van der Waals surface area contributed by atoms with Crippen LogP contribution in [0.5, 0.6) is 11.5 Å². The van der Waals surface area contributed by atoms with Crippen LogP contribution in [0.1, 0.15) is 10.4 Å². The first-order valence-corrected chi connectivity index (χ1v) is 5.66. The van der Waals surface area contributed by atoms with Crippen LogP contribution in [0.25, 0.3) is 0 Å². The molecule has 1 unspecified atom stereocenters. The summed E-state index contributed by atoms with van der Waals surface area (Å²) in [5.74, 6) is -1.22. The van der Waals surface area contributed by atoms with E-state index in [0.717, 1.165) is 0 Å². The van der Waals surface area contributed by atoms with E-state index >= 15 is 0 Å². The Kier molecular flexibility index (Phi) is 3.86. The van der Waals surface area contributed by atoms with Crippen LogP contribution in [0.4, 0.5) is 0 Å². The number of benzene rings is 1. The average molecular weight is 267 g/mol. The van der Waals surface area contributed by atoms with Crippen molar-refractivity contribution in [3.05, 3.63) is 23.8 Å². The van der Waals surface area contributed by atoms with Gasteiger partial charge < -0.3 is 25.0 Å². The second-order valence-electron chi connectivity index (χ2n) is 3.88. The van der Waals surface area contributed by atoms with Crippen LogP contribution in [0.2, 0.25) is 0 Å². The van der Waals surface area contributed by atoms with Gasteiger partial charge >= 0.3 is 5.97 Å². The molecule has 7 nitrogen and oxygen atoms in total. The number of para-hydroxylation sites is 1. The van der Waals surface area contributed by atoms with E-state index in [1.54, 1.807) is 12.1 Å². The summed E-state index contributed by atoms with van der Waals surface area (Å²) in [7, 11) is 0. The SMILES string of the molecule is O=C(NC(CO)C(=O)O)c1cccc2c1OCCO2. The van der Waals surface area contributed by atoms with E-state index in [9.17, 15) is 9.59 Å². The molecule has 1 aromatic rings. The van der Waals surface area contributed by atoms with Crippen LogP contribution in [-0.2, 0) is 4.79 Å². The maximum atomic E-state index is 12.0. The Morgan fingerprint density at radius 1 is 1.32 bits per heavy atom. The minimum atomic E-state index is -1.35. The van der Waals surface area contributed by atoms with Crippen LogP contribution in [-0.4, -0.2) is 48.0 Å². The van der Waals surface area contributed by atoms with E-state index in [1.165, 1.54) is 6.07 Å². The molecular formula is C12H13NO6. The number of hydrogen-bond donors (Lipinski definition) is 3. The summed E-state index contributed by atoms with van der Waals surface area (Å²) in [5.41, 5.74) is 0.178. The van der Waals surface area contributed by atoms with Crippen molar-refractivity contribution in [1.82, 2.24) is 5.32 Å². The molecule has 0 saturated heterocycles. The number of amides is 1. The molecule has 1 aliphatic heterocycles. The topological polar surface area (TPSA) is 105 Å². The number of aliphatic hydroxyl groups is 1. The minimum absolute atomic E-state index is 0.178. The number of fused-ring (bicyclic) bond motifs is 1. The molecule has 0 fully saturated rings. The van der Waals surface area contributed by atoms with Gasteiger partial charge in [-0.25, -0.2) is 4.79 Å². The first-order chi connectivity index (χ1) is 9.13. The summed E-state index contributed by atoms with van der Waals surface area (Å²) >= 11 is 0. The molecule has 0 aromatic heterocycles. The van der Waals surface area contributed by atoms with E-state index in [4.69, 9.17) is 19.7 Å². The van der Waals surface area contributed by atoms with Crippen molar-refractivity contribution < 1.29 is 29.3 Å². The second-order valence-corrected chi connectivity index (χ2v) is 3.88. The number of carbonyl (C=O) groups is 2. The molecule has 7 heteroatoms. The van der Waals surface area contributed by atoms with Gasteiger partial charge in [0.05, 0.1) is 12.2 Å². The van der Waals surface area contributed by atoms with Crippen molar-refractivity contribution >= 4 is 11.9 Å². The standard InChI is InChI=1S/C12H13NO6/c14-6-8(12(16)17)13-11(15)7-2-1-3-9-10(7)19-5-4-18-9/h1-3,8,14H,4-6H2,(H,13,15)(H,16,17). The fraction of sp³-hybridized carbons (Fsp3) is 0.333. The van der Waals surface area contributed by atoms with Gasteiger partial charge in [-0.05, 0) is 12.1 Å². The molecule has 0 aliphatic carbocycles. The Balaban J connectivity index is 2.22. The number of aliphatic carboxylic acids is 1. The Hall–Kier alpha value is -2.28. The van der Waals surface area contributed by atoms with Gasteiger partial charge in [-0.2, -0.15) is 0 Å². The molecule has 0 radical (unpaired) electrons. The smallest absolute Gasteiger partial charge is 0.328 e. The molecule has 1 aromatic carbocycles. The zero-order chi connectivity index (χ0) is 13.8. The maximum absolute atomic E-state index is 12.0. The largest absolute Gasteiger partial charge is 0.486 e. The molecule has 0 saturated carbocycles.